The van der Waals surface area contributed by atoms with Crippen molar-refractivity contribution in [2.75, 3.05) is 6.26 Å². The highest BCUT2D eigenvalue weighted by atomic mass is 35.5. The van der Waals surface area contributed by atoms with E-state index in [1.807, 2.05) is 13.8 Å². The minimum atomic E-state index is -1.31. The van der Waals surface area contributed by atoms with Gasteiger partial charge >= 0.3 is 0 Å². The second-order valence-electron chi connectivity index (χ2n) is 4.68. The SMILES string of the molecule is CC(C)c1oncc1C(=O)c1ccc(Cl)cc1S(C)=O. The third-order valence-corrected chi connectivity index (χ3v) is 4.06. The van der Waals surface area contributed by atoms with Crippen LogP contribution in [0.25, 0.3) is 0 Å². The molecule has 0 radical (unpaired) electrons. The lowest BCUT2D eigenvalue weighted by Crippen LogP contribution is -2.08. The first kappa shape index (κ1) is 14.9. The second kappa shape index (κ2) is 5.89. The summed E-state index contributed by atoms with van der Waals surface area (Å²) in [5, 5.41) is 4.13. The largest absolute Gasteiger partial charge is 0.360 e. The Labute approximate surface area is 124 Å². The van der Waals surface area contributed by atoms with Crippen molar-refractivity contribution in [2.45, 2.75) is 24.7 Å². The molecule has 0 bridgehead atoms. The summed E-state index contributed by atoms with van der Waals surface area (Å²) in [5.41, 5.74) is 0.759. The van der Waals surface area contributed by atoms with Crippen LogP contribution in [0.4, 0.5) is 0 Å². The molecule has 1 atom stereocenters. The molecule has 2 rings (SSSR count). The number of ketones is 1. The molecule has 1 unspecified atom stereocenters. The predicted molar refractivity (Wildman–Crippen MR) is 77.8 cm³/mol. The average molecular weight is 312 g/mol. The van der Waals surface area contributed by atoms with Gasteiger partial charge < -0.3 is 4.52 Å². The lowest BCUT2D eigenvalue weighted by atomic mass is 10.00. The number of nitrogens with zero attached hydrogens (tertiary/aromatic N) is 1. The molecule has 20 heavy (non-hydrogen) atoms. The Bertz CT molecular complexity index is 679. The van der Waals surface area contributed by atoms with E-state index in [1.54, 1.807) is 18.2 Å². The molecule has 6 heteroatoms. The maximum absolute atomic E-state index is 12.6. The minimum absolute atomic E-state index is 0.0410. The Balaban J connectivity index is 2.54. The van der Waals surface area contributed by atoms with Gasteiger partial charge in [-0.2, -0.15) is 0 Å². The van der Waals surface area contributed by atoms with Gasteiger partial charge in [-0.05, 0) is 18.2 Å². The lowest BCUT2D eigenvalue weighted by Gasteiger charge is -2.07. The molecular weight excluding hydrogens is 298 g/mol. The molecule has 0 saturated heterocycles. The van der Waals surface area contributed by atoms with Crippen LogP contribution in [0.5, 0.6) is 0 Å². The zero-order chi connectivity index (χ0) is 14.9. The first-order chi connectivity index (χ1) is 9.41. The van der Waals surface area contributed by atoms with E-state index in [2.05, 4.69) is 5.16 Å². The fourth-order valence-corrected chi connectivity index (χ4v) is 2.90. The van der Waals surface area contributed by atoms with E-state index in [4.69, 9.17) is 16.1 Å². The Morgan fingerprint density at radius 3 is 2.65 bits per heavy atom. The summed E-state index contributed by atoms with van der Waals surface area (Å²) >= 11 is 5.90. The number of hydrogen-bond acceptors (Lipinski definition) is 4. The summed E-state index contributed by atoms with van der Waals surface area (Å²) in [7, 11) is -1.31. The molecule has 106 valence electrons. The number of rotatable bonds is 4. The van der Waals surface area contributed by atoms with Crippen molar-refractivity contribution >= 4 is 28.2 Å². The molecule has 2 aromatic rings. The van der Waals surface area contributed by atoms with E-state index in [9.17, 15) is 9.00 Å². The number of hydrogen-bond donors (Lipinski definition) is 0. The molecule has 4 nitrogen and oxygen atoms in total. The van der Waals surface area contributed by atoms with Gasteiger partial charge in [0.05, 0.1) is 27.5 Å². The highest BCUT2D eigenvalue weighted by molar-refractivity contribution is 7.84. The van der Waals surface area contributed by atoms with Crippen molar-refractivity contribution in [3.05, 3.63) is 46.3 Å². The summed E-state index contributed by atoms with van der Waals surface area (Å²) < 4.78 is 16.9. The van der Waals surface area contributed by atoms with Crippen LogP contribution in [-0.4, -0.2) is 21.4 Å². The van der Waals surface area contributed by atoms with Crippen LogP contribution in [0.1, 0.15) is 41.4 Å². The van der Waals surface area contributed by atoms with Gasteiger partial charge in [-0.15, -0.1) is 0 Å². The van der Waals surface area contributed by atoms with E-state index < -0.39 is 10.8 Å². The van der Waals surface area contributed by atoms with Gasteiger partial charge in [0.1, 0.15) is 5.76 Å². The molecule has 0 aliphatic carbocycles. The molecule has 0 fully saturated rings. The predicted octanol–water partition coefficient (Wildman–Crippen LogP) is 3.42. The van der Waals surface area contributed by atoms with Gasteiger partial charge in [0.2, 0.25) is 0 Å². The highest BCUT2D eigenvalue weighted by Gasteiger charge is 2.23. The smallest absolute Gasteiger partial charge is 0.199 e. The van der Waals surface area contributed by atoms with E-state index in [0.717, 1.165) is 0 Å². The maximum Gasteiger partial charge on any atom is 0.199 e. The second-order valence-corrected chi connectivity index (χ2v) is 6.47. The standard InChI is InChI=1S/C14H14ClNO3S/c1-8(2)14-11(7-16-19-14)13(17)10-5-4-9(15)6-12(10)20(3)18/h4-8H,1-3H3. The average Bonchev–Trinajstić information content (AvgIpc) is 2.87. The first-order valence-electron chi connectivity index (χ1n) is 6.04. The Kier molecular flexibility index (Phi) is 4.40. The van der Waals surface area contributed by atoms with Crippen molar-refractivity contribution < 1.29 is 13.5 Å². The normalized spacial score (nSPS) is 12.7. The fourth-order valence-electron chi connectivity index (χ4n) is 1.90. The Morgan fingerprint density at radius 2 is 2.05 bits per heavy atom. The van der Waals surface area contributed by atoms with Crippen molar-refractivity contribution in [1.82, 2.24) is 5.16 Å². The van der Waals surface area contributed by atoms with Crippen LogP contribution >= 0.6 is 11.6 Å². The molecule has 0 amide bonds. The van der Waals surface area contributed by atoms with E-state index in [1.165, 1.54) is 12.5 Å². The summed E-state index contributed by atoms with van der Waals surface area (Å²) in [5.74, 6) is 0.314. The number of aromatic nitrogens is 1. The van der Waals surface area contributed by atoms with Gasteiger partial charge in [0, 0.05) is 22.8 Å². The highest BCUT2D eigenvalue weighted by Crippen LogP contribution is 2.26. The van der Waals surface area contributed by atoms with E-state index >= 15 is 0 Å². The Morgan fingerprint density at radius 1 is 1.35 bits per heavy atom. The van der Waals surface area contributed by atoms with Crippen LogP contribution in [0.15, 0.2) is 33.8 Å². The summed E-state index contributed by atoms with van der Waals surface area (Å²) in [4.78, 5) is 13.0. The Hall–Kier alpha value is -1.46. The molecule has 1 heterocycles. The van der Waals surface area contributed by atoms with Crippen LogP contribution in [0.3, 0.4) is 0 Å². The fraction of sp³-hybridized carbons (Fsp3) is 0.286. The van der Waals surface area contributed by atoms with Gasteiger partial charge in [0.15, 0.2) is 5.78 Å². The van der Waals surface area contributed by atoms with E-state index in [-0.39, 0.29) is 11.7 Å². The quantitative estimate of drug-likeness (QED) is 0.812. The van der Waals surface area contributed by atoms with Gasteiger partial charge in [-0.3, -0.25) is 9.00 Å². The first-order valence-corrected chi connectivity index (χ1v) is 7.97. The number of carbonyl (C=O) groups excluding carboxylic acids is 1. The summed E-state index contributed by atoms with van der Waals surface area (Å²) in [6, 6.07) is 4.74. The number of halogens is 1. The minimum Gasteiger partial charge on any atom is -0.360 e. The lowest BCUT2D eigenvalue weighted by molar-refractivity contribution is 0.103. The molecule has 0 aliphatic heterocycles. The maximum atomic E-state index is 12.6. The molecule has 0 N–H and O–H groups in total. The monoisotopic (exact) mass is 311 g/mol. The van der Waals surface area contributed by atoms with Gasteiger partial charge in [-0.1, -0.05) is 30.6 Å². The molecule has 0 saturated carbocycles. The van der Waals surface area contributed by atoms with Gasteiger partial charge in [-0.25, -0.2) is 0 Å². The zero-order valence-electron chi connectivity index (χ0n) is 11.3. The summed E-state index contributed by atoms with van der Waals surface area (Å²) in [6.45, 7) is 3.83. The molecule has 0 aliphatic rings. The van der Waals surface area contributed by atoms with Gasteiger partial charge in [0.25, 0.3) is 0 Å². The van der Waals surface area contributed by atoms with Crippen molar-refractivity contribution in [1.29, 1.82) is 0 Å². The third-order valence-electron chi connectivity index (χ3n) is 2.87. The molecule has 0 spiro atoms. The van der Waals surface area contributed by atoms with Crippen molar-refractivity contribution in [3.63, 3.8) is 0 Å². The number of benzene rings is 1. The van der Waals surface area contributed by atoms with Crippen LogP contribution < -0.4 is 0 Å². The molecular formula is C14H14ClNO3S. The number of carbonyl (C=O) groups is 1. The summed E-state index contributed by atoms with van der Waals surface area (Å²) in [6.07, 6.45) is 2.91. The molecule has 1 aromatic carbocycles. The van der Waals surface area contributed by atoms with Crippen LogP contribution in [-0.2, 0) is 10.8 Å². The van der Waals surface area contributed by atoms with Crippen molar-refractivity contribution in [2.24, 2.45) is 0 Å². The van der Waals surface area contributed by atoms with Crippen LogP contribution in [0, 0.1) is 0 Å². The topological polar surface area (TPSA) is 60.2 Å². The van der Waals surface area contributed by atoms with E-state index in [0.29, 0.717) is 26.8 Å². The zero-order valence-corrected chi connectivity index (χ0v) is 12.9. The van der Waals surface area contributed by atoms with Crippen molar-refractivity contribution in [3.8, 4) is 0 Å². The van der Waals surface area contributed by atoms with Crippen LogP contribution in [0.2, 0.25) is 5.02 Å². The third kappa shape index (κ3) is 2.83. The molecule has 1 aromatic heterocycles.